The SMILES string of the molecule is C[C@@H](OC(=O)c1cccc(OCc2ccccc2)c1)C(N)=O. The van der Waals surface area contributed by atoms with Crippen molar-refractivity contribution >= 4 is 11.9 Å². The molecule has 0 aliphatic carbocycles. The minimum Gasteiger partial charge on any atom is -0.489 e. The molecule has 2 aromatic carbocycles. The van der Waals surface area contributed by atoms with Crippen LogP contribution in [0.3, 0.4) is 0 Å². The van der Waals surface area contributed by atoms with Crippen LogP contribution in [-0.2, 0) is 16.1 Å². The van der Waals surface area contributed by atoms with Crippen LogP contribution in [0.5, 0.6) is 5.75 Å². The normalized spacial score (nSPS) is 11.5. The summed E-state index contributed by atoms with van der Waals surface area (Å²) in [7, 11) is 0. The van der Waals surface area contributed by atoms with Gasteiger partial charge in [0.1, 0.15) is 12.4 Å². The number of primary amides is 1. The Balaban J connectivity index is 2.00. The number of rotatable bonds is 6. The Morgan fingerprint density at radius 1 is 1.09 bits per heavy atom. The van der Waals surface area contributed by atoms with Gasteiger partial charge in [0.25, 0.3) is 5.91 Å². The van der Waals surface area contributed by atoms with Crippen molar-refractivity contribution in [1.82, 2.24) is 0 Å². The van der Waals surface area contributed by atoms with Crippen molar-refractivity contribution in [2.24, 2.45) is 5.73 Å². The van der Waals surface area contributed by atoms with E-state index in [1.165, 1.54) is 6.92 Å². The fourth-order valence-corrected chi connectivity index (χ4v) is 1.74. The van der Waals surface area contributed by atoms with Gasteiger partial charge in [-0.1, -0.05) is 36.4 Å². The molecule has 0 bridgehead atoms. The van der Waals surface area contributed by atoms with Crippen LogP contribution in [0.15, 0.2) is 54.6 Å². The second-order valence-electron chi connectivity index (χ2n) is 4.75. The van der Waals surface area contributed by atoms with E-state index < -0.39 is 18.0 Å². The first-order valence-electron chi connectivity index (χ1n) is 6.83. The Labute approximate surface area is 128 Å². The quantitative estimate of drug-likeness (QED) is 0.830. The van der Waals surface area contributed by atoms with Gasteiger partial charge >= 0.3 is 5.97 Å². The maximum Gasteiger partial charge on any atom is 0.339 e. The van der Waals surface area contributed by atoms with Gasteiger partial charge in [0.2, 0.25) is 0 Å². The third kappa shape index (κ3) is 4.34. The molecule has 1 amide bonds. The predicted molar refractivity (Wildman–Crippen MR) is 81.3 cm³/mol. The van der Waals surface area contributed by atoms with Crippen molar-refractivity contribution in [3.8, 4) is 5.75 Å². The van der Waals surface area contributed by atoms with Crippen LogP contribution >= 0.6 is 0 Å². The van der Waals surface area contributed by atoms with Crippen molar-refractivity contribution < 1.29 is 19.1 Å². The van der Waals surface area contributed by atoms with Crippen LogP contribution in [0.1, 0.15) is 22.8 Å². The van der Waals surface area contributed by atoms with Crippen LogP contribution < -0.4 is 10.5 Å². The van der Waals surface area contributed by atoms with Gasteiger partial charge in [-0.15, -0.1) is 0 Å². The number of benzene rings is 2. The minimum atomic E-state index is -0.971. The van der Waals surface area contributed by atoms with Gasteiger partial charge in [-0.05, 0) is 30.7 Å². The molecule has 0 saturated carbocycles. The number of hydrogen-bond donors (Lipinski definition) is 1. The van der Waals surface area contributed by atoms with E-state index in [2.05, 4.69) is 0 Å². The standard InChI is InChI=1S/C17H17NO4/c1-12(16(18)19)22-17(20)14-8-5-9-15(10-14)21-11-13-6-3-2-4-7-13/h2-10,12H,11H2,1H3,(H2,18,19)/t12-/m1/s1. The maximum absolute atomic E-state index is 11.9. The molecule has 0 aliphatic rings. The molecule has 0 heterocycles. The number of amides is 1. The van der Waals surface area contributed by atoms with Crippen LogP contribution in [-0.4, -0.2) is 18.0 Å². The molecule has 0 spiro atoms. The van der Waals surface area contributed by atoms with E-state index in [-0.39, 0.29) is 0 Å². The summed E-state index contributed by atoms with van der Waals surface area (Å²) in [5.74, 6) is -0.758. The molecule has 0 unspecified atom stereocenters. The van der Waals surface area contributed by atoms with E-state index in [0.717, 1.165) is 5.56 Å². The van der Waals surface area contributed by atoms with Gasteiger partial charge < -0.3 is 15.2 Å². The molecular formula is C17H17NO4. The summed E-state index contributed by atoms with van der Waals surface area (Å²) in [6, 6.07) is 16.3. The lowest BCUT2D eigenvalue weighted by atomic mass is 10.2. The number of nitrogens with two attached hydrogens (primary N) is 1. The molecule has 5 nitrogen and oxygen atoms in total. The van der Waals surface area contributed by atoms with Crippen molar-refractivity contribution in [1.29, 1.82) is 0 Å². The smallest absolute Gasteiger partial charge is 0.339 e. The number of esters is 1. The summed E-state index contributed by atoms with van der Waals surface area (Å²) in [4.78, 5) is 22.8. The number of carbonyl (C=O) groups excluding carboxylic acids is 2. The summed E-state index contributed by atoms with van der Waals surface area (Å²) < 4.78 is 10.6. The molecule has 2 aromatic rings. The molecule has 22 heavy (non-hydrogen) atoms. The summed E-state index contributed by atoms with van der Waals surface area (Å²) in [5, 5.41) is 0. The highest BCUT2D eigenvalue weighted by molar-refractivity contribution is 5.92. The van der Waals surface area contributed by atoms with Gasteiger partial charge in [-0.2, -0.15) is 0 Å². The first-order valence-corrected chi connectivity index (χ1v) is 6.83. The Morgan fingerprint density at radius 3 is 2.50 bits per heavy atom. The highest BCUT2D eigenvalue weighted by Gasteiger charge is 2.16. The summed E-state index contributed by atoms with van der Waals surface area (Å²) in [6.45, 7) is 1.83. The van der Waals surface area contributed by atoms with Crippen molar-refractivity contribution in [2.45, 2.75) is 19.6 Å². The molecule has 0 radical (unpaired) electrons. The van der Waals surface area contributed by atoms with Crippen LogP contribution in [0, 0.1) is 0 Å². The lowest BCUT2D eigenvalue weighted by Crippen LogP contribution is -2.30. The molecule has 1 atom stereocenters. The number of ether oxygens (including phenoxy) is 2. The Kier molecular flexibility index (Phi) is 5.14. The minimum absolute atomic E-state index is 0.304. The maximum atomic E-state index is 11.9. The van der Waals surface area contributed by atoms with E-state index in [0.29, 0.717) is 17.9 Å². The van der Waals surface area contributed by atoms with Crippen molar-refractivity contribution in [2.75, 3.05) is 0 Å². The van der Waals surface area contributed by atoms with E-state index in [4.69, 9.17) is 15.2 Å². The highest BCUT2D eigenvalue weighted by Crippen LogP contribution is 2.16. The van der Waals surface area contributed by atoms with Gasteiger partial charge in [0, 0.05) is 0 Å². The zero-order valence-corrected chi connectivity index (χ0v) is 12.2. The number of carbonyl (C=O) groups is 2. The van der Waals surface area contributed by atoms with Crippen molar-refractivity contribution in [3.63, 3.8) is 0 Å². The van der Waals surface area contributed by atoms with E-state index in [1.54, 1.807) is 24.3 Å². The summed E-state index contributed by atoms with van der Waals surface area (Å²) in [5.41, 5.74) is 6.39. The number of hydrogen-bond acceptors (Lipinski definition) is 4. The van der Waals surface area contributed by atoms with Crippen LogP contribution in [0.2, 0.25) is 0 Å². The Morgan fingerprint density at radius 2 is 1.82 bits per heavy atom. The predicted octanol–water partition coefficient (Wildman–Crippen LogP) is 2.30. The molecule has 5 heteroatoms. The van der Waals surface area contributed by atoms with Gasteiger partial charge in [-0.25, -0.2) is 4.79 Å². The van der Waals surface area contributed by atoms with Crippen LogP contribution in [0.25, 0.3) is 0 Å². The largest absolute Gasteiger partial charge is 0.489 e. The lowest BCUT2D eigenvalue weighted by molar-refractivity contribution is -0.125. The van der Waals surface area contributed by atoms with Gasteiger partial charge in [0.15, 0.2) is 6.10 Å². The second-order valence-corrected chi connectivity index (χ2v) is 4.75. The fraction of sp³-hybridized carbons (Fsp3) is 0.176. The molecule has 0 aromatic heterocycles. The molecule has 0 aliphatic heterocycles. The summed E-state index contributed by atoms with van der Waals surface area (Å²) in [6.07, 6.45) is -0.971. The van der Waals surface area contributed by atoms with E-state index >= 15 is 0 Å². The topological polar surface area (TPSA) is 78.6 Å². The average molecular weight is 299 g/mol. The zero-order chi connectivity index (χ0) is 15.9. The third-order valence-electron chi connectivity index (χ3n) is 3.00. The first-order chi connectivity index (χ1) is 10.6. The van der Waals surface area contributed by atoms with E-state index in [9.17, 15) is 9.59 Å². The first kappa shape index (κ1) is 15.6. The van der Waals surface area contributed by atoms with Gasteiger partial charge in [0.05, 0.1) is 5.56 Å². The molecule has 0 saturated heterocycles. The molecule has 0 fully saturated rings. The van der Waals surface area contributed by atoms with Crippen LogP contribution in [0.4, 0.5) is 0 Å². The molecule has 114 valence electrons. The van der Waals surface area contributed by atoms with E-state index in [1.807, 2.05) is 30.3 Å². The summed E-state index contributed by atoms with van der Waals surface area (Å²) >= 11 is 0. The second kappa shape index (κ2) is 7.26. The molecular weight excluding hydrogens is 282 g/mol. The Bertz CT molecular complexity index is 655. The lowest BCUT2D eigenvalue weighted by Gasteiger charge is -2.11. The molecule has 2 rings (SSSR count). The average Bonchev–Trinajstić information content (AvgIpc) is 2.54. The van der Waals surface area contributed by atoms with Crippen molar-refractivity contribution in [3.05, 3.63) is 65.7 Å². The fourth-order valence-electron chi connectivity index (χ4n) is 1.74. The monoisotopic (exact) mass is 299 g/mol. The highest BCUT2D eigenvalue weighted by atomic mass is 16.5. The molecule has 2 N–H and O–H groups in total. The third-order valence-corrected chi connectivity index (χ3v) is 3.00. The Hall–Kier alpha value is -2.82. The zero-order valence-electron chi connectivity index (χ0n) is 12.2. The van der Waals surface area contributed by atoms with Gasteiger partial charge in [-0.3, -0.25) is 4.79 Å².